The van der Waals surface area contributed by atoms with Crippen molar-refractivity contribution in [2.75, 3.05) is 7.11 Å². The molecule has 0 spiro atoms. The van der Waals surface area contributed by atoms with E-state index >= 15 is 0 Å². The smallest absolute Gasteiger partial charge is 0.303 e. The highest BCUT2D eigenvalue weighted by atomic mass is 16.5. The molecule has 0 saturated carbocycles. The maximum atomic E-state index is 10.7. The highest BCUT2D eigenvalue weighted by molar-refractivity contribution is 5.67. The molecular formula is C15H22O3. The summed E-state index contributed by atoms with van der Waals surface area (Å²) in [7, 11) is 1.67. The fourth-order valence-electron chi connectivity index (χ4n) is 2.35. The van der Waals surface area contributed by atoms with Crippen molar-refractivity contribution in [3.8, 4) is 5.75 Å². The van der Waals surface area contributed by atoms with Gasteiger partial charge in [-0.15, -0.1) is 0 Å². The highest BCUT2D eigenvalue weighted by Crippen LogP contribution is 2.31. The van der Waals surface area contributed by atoms with Crippen molar-refractivity contribution >= 4 is 5.97 Å². The molecule has 100 valence electrons. The van der Waals surface area contributed by atoms with Crippen LogP contribution in [-0.4, -0.2) is 18.2 Å². The van der Waals surface area contributed by atoms with Crippen LogP contribution in [0.3, 0.4) is 0 Å². The average Bonchev–Trinajstić information content (AvgIpc) is 2.25. The van der Waals surface area contributed by atoms with E-state index in [0.717, 1.165) is 23.3 Å². The van der Waals surface area contributed by atoms with Gasteiger partial charge in [0.25, 0.3) is 0 Å². The zero-order valence-corrected chi connectivity index (χ0v) is 11.8. The van der Waals surface area contributed by atoms with Crippen LogP contribution in [0.25, 0.3) is 0 Å². The highest BCUT2D eigenvalue weighted by Gasteiger charge is 2.16. The maximum Gasteiger partial charge on any atom is 0.303 e. The molecule has 1 N–H and O–H groups in total. The number of ether oxygens (including phenoxy) is 1. The van der Waals surface area contributed by atoms with Gasteiger partial charge in [-0.1, -0.05) is 13.0 Å². The summed E-state index contributed by atoms with van der Waals surface area (Å²) in [6, 6.07) is 2.14. The third-order valence-electron chi connectivity index (χ3n) is 3.40. The number of hydrogen-bond acceptors (Lipinski definition) is 2. The van der Waals surface area contributed by atoms with Crippen molar-refractivity contribution in [3.63, 3.8) is 0 Å². The summed E-state index contributed by atoms with van der Waals surface area (Å²) in [6.45, 7) is 8.12. The summed E-state index contributed by atoms with van der Waals surface area (Å²) in [5.74, 6) is 0.268. The van der Waals surface area contributed by atoms with E-state index in [1.165, 1.54) is 11.1 Å². The van der Waals surface area contributed by atoms with E-state index in [4.69, 9.17) is 9.84 Å². The zero-order chi connectivity index (χ0) is 13.9. The van der Waals surface area contributed by atoms with Crippen molar-refractivity contribution in [2.24, 2.45) is 5.92 Å². The lowest BCUT2D eigenvalue weighted by atomic mass is 9.91. The quantitative estimate of drug-likeness (QED) is 0.872. The molecule has 0 fully saturated rings. The lowest BCUT2D eigenvalue weighted by Gasteiger charge is -2.18. The van der Waals surface area contributed by atoms with Crippen LogP contribution in [0, 0.1) is 26.7 Å². The van der Waals surface area contributed by atoms with Crippen LogP contribution in [0.4, 0.5) is 0 Å². The average molecular weight is 250 g/mol. The Morgan fingerprint density at radius 2 is 1.94 bits per heavy atom. The molecule has 1 aromatic carbocycles. The number of carbonyl (C=O) groups is 1. The van der Waals surface area contributed by atoms with Crippen LogP contribution >= 0.6 is 0 Å². The van der Waals surface area contributed by atoms with Gasteiger partial charge < -0.3 is 9.84 Å². The van der Waals surface area contributed by atoms with Crippen molar-refractivity contribution in [1.82, 2.24) is 0 Å². The van der Waals surface area contributed by atoms with E-state index in [9.17, 15) is 4.79 Å². The number of carboxylic acid groups (broad SMARTS) is 1. The minimum Gasteiger partial charge on any atom is -0.496 e. The lowest BCUT2D eigenvalue weighted by Crippen LogP contribution is -2.10. The van der Waals surface area contributed by atoms with E-state index in [1.54, 1.807) is 7.11 Å². The van der Waals surface area contributed by atoms with Gasteiger partial charge in [-0.3, -0.25) is 4.79 Å². The van der Waals surface area contributed by atoms with E-state index < -0.39 is 5.97 Å². The fraction of sp³-hybridized carbons (Fsp3) is 0.533. The summed E-state index contributed by atoms with van der Waals surface area (Å²) >= 11 is 0. The zero-order valence-electron chi connectivity index (χ0n) is 11.8. The predicted octanol–water partition coefficient (Wildman–Crippen LogP) is 3.27. The van der Waals surface area contributed by atoms with Crippen LogP contribution in [0.1, 0.15) is 35.6 Å². The maximum absolute atomic E-state index is 10.7. The van der Waals surface area contributed by atoms with Gasteiger partial charge in [0.05, 0.1) is 7.11 Å². The van der Waals surface area contributed by atoms with Gasteiger partial charge in [0.15, 0.2) is 0 Å². The minimum atomic E-state index is -0.747. The van der Waals surface area contributed by atoms with E-state index in [0.29, 0.717) is 0 Å². The molecule has 3 heteroatoms. The first-order chi connectivity index (χ1) is 8.36. The number of hydrogen-bond donors (Lipinski definition) is 1. The number of aryl methyl sites for hydroxylation is 2. The molecule has 0 aliphatic heterocycles. The van der Waals surface area contributed by atoms with E-state index in [-0.39, 0.29) is 12.3 Å². The molecular weight excluding hydrogens is 228 g/mol. The van der Waals surface area contributed by atoms with Crippen molar-refractivity contribution in [1.29, 1.82) is 0 Å². The van der Waals surface area contributed by atoms with Crippen molar-refractivity contribution in [3.05, 3.63) is 28.3 Å². The number of carboxylic acids is 1. The van der Waals surface area contributed by atoms with Gasteiger partial charge in [0.2, 0.25) is 0 Å². The Hall–Kier alpha value is -1.51. The summed E-state index contributed by atoms with van der Waals surface area (Å²) in [4.78, 5) is 10.7. The number of rotatable bonds is 5. The molecule has 0 aliphatic carbocycles. The number of benzene rings is 1. The molecule has 0 amide bonds. The minimum absolute atomic E-state index is 0.109. The predicted molar refractivity (Wildman–Crippen MR) is 72.3 cm³/mol. The van der Waals surface area contributed by atoms with Crippen LogP contribution in [-0.2, 0) is 11.2 Å². The van der Waals surface area contributed by atoms with Gasteiger partial charge in [0.1, 0.15) is 5.75 Å². The third-order valence-corrected chi connectivity index (χ3v) is 3.40. The Bertz CT molecular complexity index is 450. The Balaban J connectivity index is 3.08. The van der Waals surface area contributed by atoms with Gasteiger partial charge >= 0.3 is 5.97 Å². The standard InChI is InChI=1S/C15H22O3/c1-9(7-14(16)17)6-13-11(3)8-10(2)12(4)15(13)18-5/h8-9H,6-7H2,1-5H3,(H,16,17). The van der Waals surface area contributed by atoms with Gasteiger partial charge in [-0.05, 0) is 55.4 Å². The first-order valence-corrected chi connectivity index (χ1v) is 6.22. The molecule has 18 heavy (non-hydrogen) atoms. The molecule has 1 unspecified atom stereocenters. The Kier molecular flexibility index (Phi) is 4.76. The summed E-state index contributed by atoms with van der Waals surface area (Å²) < 4.78 is 5.50. The largest absolute Gasteiger partial charge is 0.496 e. The Morgan fingerprint density at radius 1 is 1.33 bits per heavy atom. The molecule has 0 saturated heterocycles. The monoisotopic (exact) mass is 250 g/mol. The van der Waals surface area contributed by atoms with Gasteiger partial charge in [-0.25, -0.2) is 0 Å². The second-order valence-corrected chi connectivity index (χ2v) is 5.05. The molecule has 0 aromatic heterocycles. The van der Waals surface area contributed by atoms with Gasteiger partial charge in [-0.2, -0.15) is 0 Å². The molecule has 0 bridgehead atoms. The molecule has 0 radical (unpaired) electrons. The molecule has 1 atom stereocenters. The third kappa shape index (κ3) is 3.25. The van der Waals surface area contributed by atoms with Crippen LogP contribution in [0.15, 0.2) is 6.07 Å². The number of methoxy groups -OCH3 is 1. The first kappa shape index (κ1) is 14.6. The molecule has 0 heterocycles. The second-order valence-electron chi connectivity index (χ2n) is 5.05. The summed E-state index contributed by atoms with van der Waals surface area (Å²) in [5, 5.41) is 8.83. The molecule has 1 rings (SSSR count). The first-order valence-electron chi connectivity index (χ1n) is 6.22. The van der Waals surface area contributed by atoms with E-state index in [2.05, 4.69) is 19.9 Å². The van der Waals surface area contributed by atoms with Crippen LogP contribution < -0.4 is 4.74 Å². The van der Waals surface area contributed by atoms with Crippen LogP contribution in [0.5, 0.6) is 5.75 Å². The lowest BCUT2D eigenvalue weighted by molar-refractivity contribution is -0.137. The molecule has 1 aromatic rings. The van der Waals surface area contributed by atoms with Gasteiger partial charge in [0, 0.05) is 6.42 Å². The topological polar surface area (TPSA) is 46.5 Å². The molecule has 0 aliphatic rings. The van der Waals surface area contributed by atoms with Crippen LogP contribution in [0.2, 0.25) is 0 Å². The summed E-state index contributed by atoms with van der Waals surface area (Å²) in [6.07, 6.45) is 0.929. The Labute approximate surface area is 109 Å². The molecule has 3 nitrogen and oxygen atoms in total. The Morgan fingerprint density at radius 3 is 2.44 bits per heavy atom. The van der Waals surface area contributed by atoms with E-state index in [1.807, 2.05) is 13.8 Å². The second kappa shape index (κ2) is 5.89. The van der Waals surface area contributed by atoms with Crippen molar-refractivity contribution < 1.29 is 14.6 Å². The van der Waals surface area contributed by atoms with Crippen molar-refractivity contribution in [2.45, 2.75) is 40.5 Å². The summed E-state index contributed by atoms with van der Waals surface area (Å²) in [5.41, 5.74) is 4.65. The SMILES string of the molecule is COc1c(C)c(C)cc(C)c1CC(C)CC(=O)O. The fourth-order valence-corrected chi connectivity index (χ4v) is 2.35. The number of aliphatic carboxylic acids is 1. The normalized spacial score (nSPS) is 12.3.